The molecule has 0 atom stereocenters. The minimum atomic E-state index is -0.711. The van der Waals surface area contributed by atoms with Gasteiger partial charge >= 0.3 is 45.4 Å². The summed E-state index contributed by atoms with van der Waals surface area (Å²) in [6.45, 7) is 5.52. The average Bonchev–Trinajstić information content (AvgIpc) is 2.32. The number of hydrogen-bond acceptors (Lipinski definition) is 3. The molecule has 0 saturated carbocycles. The second-order valence-electron chi connectivity index (χ2n) is 3.43. The predicted octanol–water partition coefficient (Wildman–Crippen LogP) is 2.55. The summed E-state index contributed by atoms with van der Waals surface area (Å²) in [5, 5.41) is 23.7. The van der Waals surface area contributed by atoms with E-state index in [1.54, 1.807) is 0 Å². The molecule has 0 saturated heterocycles. The van der Waals surface area contributed by atoms with Gasteiger partial charge in [-0.05, 0) is 19.3 Å². The molecule has 6 nitrogen and oxygen atoms in total. The van der Waals surface area contributed by atoms with Crippen molar-refractivity contribution in [2.75, 3.05) is 0 Å². The first-order valence-corrected chi connectivity index (χ1v) is 9.84. The molecule has 0 heterocycles. The zero-order valence-electron chi connectivity index (χ0n) is 12.9. The summed E-state index contributed by atoms with van der Waals surface area (Å²) in [6, 6.07) is 0. The van der Waals surface area contributed by atoms with Gasteiger partial charge in [-0.25, -0.2) is 0 Å². The van der Waals surface area contributed by atoms with Gasteiger partial charge in [0.25, 0.3) is 0 Å². The van der Waals surface area contributed by atoms with E-state index in [2.05, 4.69) is 4.94 Å². The monoisotopic (exact) mass is 400 g/mol. The molecule has 0 aliphatic rings. The van der Waals surface area contributed by atoms with E-state index in [0.29, 0.717) is 19.3 Å². The first kappa shape index (κ1) is 27.5. The molecule has 0 fully saturated rings. The van der Waals surface area contributed by atoms with Crippen molar-refractivity contribution in [1.82, 2.24) is 0 Å². The van der Waals surface area contributed by atoms with E-state index < -0.39 is 17.9 Å². The molecule has 0 spiro atoms. The number of hydrogen-bond donors (Lipinski definition) is 3. The molecule has 0 aromatic heterocycles. The van der Waals surface area contributed by atoms with Gasteiger partial charge in [-0.2, -0.15) is 0 Å². The van der Waals surface area contributed by atoms with Crippen molar-refractivity contribution in [2.45, 2.75) is 64.2 Å². The topological polar surface area (TPSA) is 112 Å². The van der Waals surface area contributed by atoms with Crippen LogP contribution in [0.2, 0.25) is 4.94 Å². The van der Waals surface area contributed by atoms with Gasteiger partial charge in [-0.15, -0.1) is 0 Å². The fourth-order valence-electron chi connectivity index (χ4n) is 0.642. The van der Waals surface area contributed by atoms with E-state index in [1.807, 2.05) is 20.8 Å². The zero-order chi connectivity index (χ0) is 17.0. The van der Waals surface area contributed by atoms with Crippen LogP contribution in [-0.2, 0) is 14.4 Å². The summed E-state index contributed by atoms with van der Waals surface area (Å²) >= 11 is 1.35. The molecule has 7 heteroatoms. The summed E-state index contributed by atoms with van der Waals surface area (Å²) in [5.41, 5.74) is 0. The van der Waals surface area contributed by atoms with Crippen LogP contribution in [0, 0.1) is 0 Å². The number of carbonyl (C=O) groups is 3. The SMILES string of the molecule is CCCC(=O)O.CCCC(=O)O.CCCC(=O)O.[CH3][SnH]. The molecule has 120 valence electrons. The maximum atomic E-state index is 9.60. The molecule has 0 aliphatic carbocycles. The Hall–Kier alpha value is -0.791. The quantitative estimate of drug-likeness (QED) is 0.592. The zero-order valence-corrected chi connectivity index (χ0v) is 16.2. The molecule has 20 heavy (non-hydrogen) atoms. The van der Waals surface area contributed by atoms with Crippen LogP contribution in [0.1, 0.15) is 59.3 Å². The molecule has 0 aromatic carbocycles. The molecule has 0 amide bonds. The van der Waals surface area contributed by atoms with Crippen LogP contribution in [-0.4, -0.2) is 55.8 Å². The summed E-state index contributed by atoms with van der Waals surface area (Å²) < 4.78 is 0. The number of rotatable bonds is 6. The van der Waals surface area contributed by atoms with Gasteiger partial charge in [0.15, 0.2) is 0 Å². The fourth-order valence-corrected chi connectivity index (χ4v) is 0.642. The normalized spacial score (nSPS) is 7.65. The second kappa shape index (κ2) is 26.7. The van der Waals surface area contributed by atoms with Crippen molar-refractivity contribution in [3.05, 3.63) is 0 Å². The van der Waals surface area contributed by atoms with Crippen LogP contribution in [0.4, 0.5) is 0 Å². The van der Waals surface area contributed by atoms with E-state index >= 15 is 0 Å². The van der Waals surface area contributed by atoms with Gasteiger partial charge in [0, 0.05) is 19.3 Å². The standard InChI is InChI=1S/3C4H8O2.CH3.Sn.H/c3*1-2-3-4(5)6;;;/h3*2-3H2,1H3,(H,5,6);1H3;;. The molecule has 3 N–H and O–H groups in total. The van der Waals surface area contributed by atoms with Crippen molar-refractivity contribution >= 4 is 40.4 Å². The van der Waals surface area contributed by atoms with Gasteiger partial charge in [-0.3, -0.25) is 14.4 Å². The van der Waals surface area contributed by atoms with E-state index in [4.69, 9.17) is 15.3 Å². The Bertz CT molecular complexity index is 193. The fraction of sp³-hybridized carbons (Fsp3) is 0.769. The van der Waals surface area contributed by atoms with Crippen molar-refractivity contribution in [2.24, 2.45) is 0 Å². The molecule has 0 aliphatic heterocycles. The molecule has 2 radical (unpaired) electrons. The molecule has 0 aromatic rings. The number of aliphatic carboxylic acids is 3. The van der Waals surface area contributed by atoms with Crippen LogP contribution in [0.25, 0.3) is 0 Å². The Kier molecular flexibility index (Phi) is 36.8. The first-order valence-electron chi connectivity index (χ1n) is 6.54. The van der Waals surface area contributed by atoms with Crippen molar-refractivity contribution in [3.63, 3.8) is 0 Å². The maximum absolute atomic E-state index is 9.60. The van der Waals surface area contributed by atoms with Gasteiger partial charge in [0.05, 0.1) is 0 Å². The summed E-state index contributed by atoms with van der Waals surface area (Å²) in [4.78, 5) is 30.9. The average molecular weight is 399 g/mol. The van der Waals surface area contributed by atoms with E-state index in [9.17, 15) is 14.4 Å². The van der Waals surface area contributed by atoms with Crippen LogP contribution >= 0.6 is 0 Å². The Balaban J connectivity index is -0.0000000902. The van der Waals surface area contributed by atoms with Crippen LogP contribution < -0.4 is 0 Å². The van der Waals surface area contributed by atoms with Crippen LogP contribution in [0.5, 0.6) is 0 Å². The molecular weight excluding hydrogens is 371 g/mol. The molecule has 0 rings (SSSR count). The number of carboxylic acid groups (broad SMARTS) is 3. The van der Waals surface area contributed by atoms with Gasteiger partial charge < -0.3 is 15.3 Å². The van der Waals surface area contributed by atoms with E-state index in [0.717, 1.165) is 19.3 Å². The summed E-state index contributed by atoms with van der Waals surface area (Å²) in [5.74, 6) is -2.13. The van der Waals surface area contributed by atoms with E-state index in [1.165, 1.54) is 22.5 Å². The van der Waals surface area contributed by atoms with Crippen LogP contribution in [0.15, 0.2) is 0 Å². The van der Waals surface area contributed by atoms with E-state index in [-0.39, 0.29) is 0 Å². The third-order valence-corrected chi connectivity index (χ3v) is 1.39. The van der Waals surface area contributed by atoms with Crippen molar-refractivity contribution in [3.8, 4) is 0 Å². The van der Waals surface area contributed by atoms with Gasteiger partial charge in [0.2, 0.25) is 0 Å². The molecule has 0 bridgehead atoms. The number of carboxylic acids is 3. The van der Waals surface area contributed by atoms with Gasteiger partial charge in [-0.1, -0.05) is 20.8 Å². The molecular formula is C13H28O6Sn. The Morgan fingerprint density at radius 3 is 0.800 bits per heavy atom. The Labute approximate surface area is 134 Å². The molecule has 0 unspecified atom stereocenters. The predicted molar refractivity (Wildman–Crippen MR) is 80.6 cm³/mol. The van der Waals surface area contributed by atoms with Crippen molar-refractivity contribution in [1.29, 1.82) is 0 Å². The van der Waals surface area contributed by atoms with Gasteiger partial charge in [0.1, 0.15) is 0 Å². The third kappa shape index (κ3) is 67.1. The third-order valence-electron chi connectivity index (χ3n) is 1.39. The first-order chi connectivity index (χ1) is 9.31. The minimum absolute atomic E-state index is 0.292. The van der Waals surface area contributed by atoms with Crippen molar-refractivity contribution < 1.29 is 29.7 Å². The summed E-state index contributed by atoms with van der Waals surface area (Å²) in [7, 11) is 0. The second-order valence-corrected chi connectivity index (χ2v) is 3.43. The summed E-state index contributed by atoms with van der Waals surface area (Å²) in [6.07, 6.45) is 3.07. The Morgan fingerprint density at radius 2 is 0.800 bits per heavy atom. The van der Waals surface area contributed by atoms with Crippen LogP contribution in [0.3, 0.4) is 0 Å². The Morgan fingerprint density at radius 1 is 0.650 bits per heavy atom.